The molecule has 0 saturated heterocycles. The van der Waals surface area contributed by atoms with Gasteiger partial charge in [0, 0.05) is 20.1 Å². The van der Waals surface area contributed by atoms with Gasteiger partial charge in [0.25, 0.3) is 0 Å². The summed E-state index contributed by atoms with van der Waals surface area (Å²) >= 11 is 0. The van der Waals surface area contributed by atoms with Crippen molar-refractivity contribution in [2.45, 2.75) is 58.2 Å². The van der Waals surface area contributed by atoms with Crippen molar-refractivity contribution in [2.24, 2.45) is 7.05 Å². The van der Waals surface area contributed by atoms with Crippen LogP contribution in [0.2, 0.25) is 0 Å². The molecule has 0 saturated carbocycles. The van der Waals surface area contributed by atoms with Gasteiger partial charge in [0.2, 0.25) is 0 Å². The maximum absolute atomic E-state index is 12.4. The summed E-state index contributed by atoms with van der Waals surface area (Å²) in [4.78, 5) is 18.6. The molecule has 0 radical (unpaired) electrons. The molecule has 0 spiro atoms. The summed E-state index contributed by atoms with van der Waals surface area (Å²) in [6.45, 7) is 6.06. The van der Waals surface area contributed by atoms with E-state index in [1.165, 1.54) is 0 Å². The predicted octanol–water partition coefficient (Wildman–Crippen LogP) is 3.04. The molecule has 0 aliphatic heterocycles. The van der Waals surface area contributed by atoms with E-state index in [9.17, 15) is 9.90 Å². The number of amides is 2. The molecular weight excluding hydrogens is 316 g/mol. The van der Waals surface area contributed by atoms with Crippen LogP contribution in [0.1, 0.15) is 45.9 Å². The highest BCUT2D eigenvalue weighted by Gasteiger charge is 2.17. The largest absolute Gasteiger partial charge is 0.390 e. The van der Waals surface area contributed by atoms with Crippen molar-refractivity contribution < 1.29 is 9.90 Å². The number of aliphatic hydroxyl groups is 1. The number of aromatic nitrogens is 2. The Bertz CT molecular complexity index is 718. The van der Waals surface area contributed by atoms with Crippen molar-refractivity contribution >= 4 is 17.1 Å². The van der Waals surface area contributed by atoms with E-state index >= 15 is 0 Å². The lowest BCUT2D eigenvalue weighted by molar-refractivity contribution is 0.0676. The van der Waals surface area contributed by atoms with Gasteiger partial charge in [-0.25, -0.2) is 9.78 Å². The van der Waals surface area contributed by atoms with Crippen LogP contribution in [0.3, 0.4) is 0 Å². The van der Waals surface area contributed by atoms with Gasteiger partial charge in [-0.2, -0.15) is 0 Å². The van der Waals surface area contributed by atoms with Gasteiger partial charge in [-0.05, 0) is 52.2 Å². The van der Waals surface area contributed by atoms with Crippen molar-refractivity contribution in [3.63, 3.8) is 0 Å². The van der Waals surface area contributed by atoms with Crippen molar-refractivity contribution in [2.75, 3.05) is 7.05 Å². The van der Waals surface area contributed by atoms with Gasteiger partial charge in [0.15, 0.2) is 0 Å². The number of hydrogen-bond donors (Lipinski definition) is 2. The highest BCUT2D eigenvalue weighted by Crippen LogP contribution is 2.16. The van der Waals surface area contributed by atoms with E-state index < -0.39 is 5.60 Å². The first-order chi connectivity index (χ1) is 11.7. The maximum Gasteiger partial charge on any atom is 0.317 e. The fraction of sp³-hybridized carbons (Fsp3) is 0.579. The van der Waals surface area contributed by atoms with E-state index in [0.29, 0.717) is 6.54 Å². The quantitative estimate of drug-likeness (QED) is 0.809. The SMILES string of the molecule is CC(CCCC(C)(C)O)NC(=O)N(C)Cc1nc2ccccc2n1C. The molecule has 25 heavy (non-hydrogen) atoms. The Kier molecular flexibility index (Phi) is 6.06. The molecule has 1 atom stereocenters. The molecule has 2 aromatic rings. The molecule has 1 unspecified atom stereocenters. The van der Waals surface area contributed by atoms with Crippen LogP contribution in [0.4, 0.5) is 4.79 Å². The number of para-hydroxylation sites is 2. The molecule has 1 heterocycles. The standard InChI is InChI=1S/C19H30N4O2/c1-14(9-8-12-19(2,3)25)20-18(24)22(4)13-17-21-15-10-6-7-11-16(15)23(17)5/h6-7,10-11,14,25H,8-9,12-13H2,1-5H3,(H,20,24). The van der Waals surface area contributed by atoms with E-state index in [1.54, 1.807) is 25.8 Å². The van der Waals surface area contributed by atoms with Gasteiger partial charge in [-0.15, -0.1) is 0 Å². The Labute approximate surface area is 149 Å². The van der Waals surface area contributed by atoms with Gasteiger partial charge in [-0.1, -0.05) is 12.1 Å². The van der Waals surface area contributed by atoms with E-state index in [2.05, 4.69) is 10.3 Å². The summed E-state index contributed by atoms with van der Waals surface area (Å²) in [6, 6.07) is 7.91. The fourth-order valence-corrected chi connectivity index (χ4v) is 2.85. The molecule has 2 amide bonds. The summed E-state index contributed by atoms with van der Waals surface area (Å²) in [5, 5.41) is 12.8. The molecule has 0 fully saturated rings. The fourth-order valence-electron chi connectivity index (χ4n) is 2.85. The Morgan fingerprint density at radius 3 is 2.72 bits per heavy atom. The number of benzene rings is 1. The monoisotopic (exact) mass is 346 g/mol. The first-order valence-electron chi connectivity index (χ1n) is 8.82. The van der Waals surface area contributed by atoms with Crippen molar-refractivity contribution in [3.8, 4) is 0 Å². The van der Waals surface area contributed by atoms with Gasteiger partial charge in [0.05, 0.1) is 23.2 Å². The van der Waals surface area contributed by atoms with Crippen molar-refractivity contribution in [1.29, 1.82) is 0 Å². The summed E-state index contributed by atoms with van der Waals surface area (Å²) in [5.74, 6) is 0.855. The van der Waals surface area contributed by atoms with Crippen LogP contribution in [0.25, 0.3) is 11.0 Å². The lowest BCUT2D eigenvalue weighted by Crippen LogP contribution is -2.42. The third-order valence-corrected chi connectivity index (χ3v) is 4.40. The van der Waals surface area contributed by atoms with E-state index in [1.807, 2.05) is 42.8 Å². The van der Waals surface area contributed by atoms with E-state index in [-0.39, 0.29) is 12.1 Å². The third-order valence-electron chi connectivity index (χ3n) is 4.40. The summed E-state index contributed by atoms with van der Waals surface area (Å²) in [7, 11) is 3.74. The van der Waals surface area contributed by atoms with Crippen LogP contribution in [0.5, 0.6) is 0 Å². The van der Waals surface area contributed by atoms with Gasteiger partial charge in [-0.3, -0.25) is 0 Å². The second kappa shape index (κ2) is 7.87. The van der Waals surface area contributed by atoms with Gasteiger partial charge in [0.1, 0.15) is 5.82 Å². The van der Waals surface area contributed by atoms with Crippen LogP contribution in [-0.4, -0.2) is 44.3 Å². The minimum atomic E-state index is -0.652. The molecule has 6 nitrogen and oxygen atoms in total. The van der Waals surface area contributed by atoms with E-state index in [4.69, 9.17) is 0 Å². The highest BCUT2D eigenvalue weighted by atomic mass is 16.3. The Balaban J connectivity index is 1.88. The lowest BCUT2D eigenvalue weighted by atomic mass is 10.00. The Hall–Kier alpha value is -2.08. The second-order valence-corrected chi connectivity index (χ2v) is 7.49. The number of fused-ring (bicyclic) bond motifs is 1. The van der Waals surface area contributed by atoms with Crippen LogP contribution >= 0.6 is 0 Å². The van der Waals surface area contributed by atoms with Crippen molar-refractivity contribution in [1.82, 2.24) is 19.8 Å². The number of nitrogens with zero attached hydrogens (tertiary/aromatic N) is 3. The minimum Gasteiger partial charge on any atom is -0.390 e. The highest BCUT2D eigenvalue weighted by molar-refractivity contribution is 5.76. The van der Waals surface area contributed by atoms with Gasteiger partial charge < -0.3 is 19.9 Å². The molecule has 2 N–H and O–H groups in total. The minimum absolute atomic E-state index is 0.0674. The number of aryl methyl sites for hydroxylation is 1. The zero-order valence-electron chi connectivity index (χ0n) is 15.9. The number of carbonyl (C=O) groups excluding carboxylic acids is 1. The van der Waals surface area contributed by atoms with Crippen LogP contribution in [0, 0.1) is 0 Å². The molecule has 0 aliphatic rings. The normalized spacial score (nSPS) is 13.0. The lowest BCUT2D eigenvalue weighted by Gasteiger charge is -2.22. The number of nitrogens with one attached hydrogen (secondary N) is 1. The molecular formula is C19H30N4O2. The number of carbonyl (C=O) groups is 1. The Morgan fingerprint density at radius 1 is 1.40 bits per heavy atom. The number of imidazole rings is 1. The molecule has 2 rings (SSSR count). The first kappa shape index (κ1) is 19.2. The van der Waals surface area contributed by atoms with Crippen LogP contribution in [0.15, 0.2) is 24.3 Å². The molecule has 0 bridgehead atoms. The molecule has 1 aromatic heterocycles. The average Bonchev–Trinajstić information content (AvgIpc) is 2.82. The molecule has 1 aromatic carbocycles. The summed E-state index contributed by atoms with van der Waals surface area (Å²) in [5.41, 5.74) is 1.35. The first-order valence-corrected chi connectivity index (χ1v) is 8.82. The Morgan fingerprint density at radius 2 is 2.08 bits per heavy atom. The molecule has 0 aliphatic carbocycles. The number of hydrogen-bond acceptors (Lipinski definition) is 3. The smallest absolute Gasteiger partial charge is 0.317 e. The average molecular weight is 346 g/mol. The van der Waals surface area contributed by atoms with Crippen LogP contribution in [-0.2, 0) is 13.6 Å². The zero-order chi connectivity index (χ0) is 18.6. The van der Waals surface area contributed by atoms with Crippen molar-refractivity contribution in [3.05, 3.63) is 30.1 Å². The second-order valence-electron chi connectivity index (χ2n) is 7.49. The maximum atomic E-state index is 12.4. The van der Waals surface area contributed by atoms with E-state index in [0.717, 1.165) is 36.1 Å². The summed E-state index contributed by atoms with van der Waals surface area (Å²) < 4.78 is 2.02. The van der Waals surface area contributed by atoms with Gasteiger partial charge >= 0.3 is 6.03 Å². The number of urea groups is 1. The zero-order valence-corrected chi connectivity index (χ0v) is 15.9. The topological polar surface area (TPSA) is 70.4 Å². The molecule has 6 heteroatoms. The number of rotatable bonds is 7. The third kappa shape index (κ3) is 5.46. The summed E-state index contributed by atoms with van der Waals surface area (Å²) in [6.07, 6.45) is 2.44. The van der Waals surface area contributed by atoms with Crippen LogP contribution < -0.4 is 5.32 Å². The predicted molar refractivity (Wildman–Crippen MR) is 100 cm³/mol. The molecule has 138 valence electrons.